The maximum atomic E-state index is 5.61. The Hall–Kier alpha value is -1.13. The average molecular weight is 207 g/mol. The summed E-state index contributed by atoms with van der Waals surface area (Å²) < 4.78 is 2.09. The van der Waals surface area contributed by atoms with Crippen LogP contribution in [0, 0.1) is 6.92 Å². The Kier molecular flexibility index (Phi) is 2.39. The summed E-state index contributed by atoms with van der Waals surface area (Å²) in [5.74, 6) is 1.01. The number of rotatable bonds is 2. The summed E-state index contributed by atoms with van der Waals surface area (Å²) in [5.41, 5.74) is 7.75. The van der Waals surface area contributed by atoms with E-state index in [1.807, 2.05) is 20.0 Å². The molecule has 4 heteroatoms. The van der Waals surface area contributed by atoms with Crippen molar-refractivity contribution in [2.24, 2.45) is 12.8 Å². The zero-order valence-corrected chi connectivity index (χ0v) is 9.14. The molecule has 0 aliphatic rings. The Morgan fingerprint density at radius 1 is 1.57 bits per heavy atom. The predicted octanol–water partition coefficient (Wildman–Crippen LogP) is 1.92. The van der Waals surface area contributed by atoms with Gasteiger partial charge < -0.3 is 10.3 Å². The van der Waals surface area contributed by atoms with Crippen LogP contribution < -0.4 is 5.73 Å². The lowest BCUT2D eigenvalue weighted by Gasteiger charge is -1.99. The van der Waals surface area contributed by atoms with E-state index in [1.54, 1.807) is 11.3 Å². The third kappa shape index (κ3) is 1.36. The summed E-state index contributed by atoms with van der Waals surface area (Å²) in [6.07, 6.45) is 0. The fraction of sp³-hybridized carbons (Fsp3) is 0.300. The van der Waals surface area contributed by atoms with Gasteiger partial charge in [0.2, 0.25) is 0 Å². The molecule has 2 aromatic rings. The summed E-state index contributed by atoms with van der Waals surface area (Å²) in [6, 6.07) is 4.11. The maximum absolute atomic E-state index is 5.61. The van der Waals surface area contributed by atoms with Gasteiger partial charge in [0, 0.05) is 19.3 Å². The second-order valence-electron chi connectivity index (χ2n) is 3.21. The van der Waals surface area contributed by atoms with E-state index >= 15 is 0 Å². The van der Waals surface area contributed by atoms with Crippen LogP contribution in [0.4, 0.5) is 0 Å². The number of hydrogen-bond acceptors (Lipinski definition) is 3. The first-order valence-electron chi connectivity index (χ1n) is 4.50. The highest BCUT2D eigenvalue weighted by molar-refractivity contribution is 7.13. The van der Waals surface area contributed by atoms with Crippen LogP contribution in [-0.4, -0.2) is 9.55 Å². The van der Waals surface area contributed by atoms with Gasteiger partial charge in [-0.2, -0.15) is 0 Å². The molecule has 14 heavy (non-hydrogen) atoms. The second kappa shape index (κ2) is 3.55. The fourth-order valence-corrected chi connectivity index (χ4v) is 2.20. The van der Waals surface area contributed by atoms with Crippen molar-refractivity contribution in [3.63, 3.8) is 0 Å². The van der Waals surface area contributed by atoms with E-state index in [4.69, 9.17) is 5.73 Å². The summed E-state index contributed by atoms with van der Waals surface area (Å²) >= 11 is 1.70. The van der Waals surface area contributed by atoms with E-state index in [9.17, 15) is 0 Å². The smallest absolute Gasteiger partial charge is 0.150 e. The van der Waals surface area contributed by atoms with Gasteiger partial charge in [0.25, 0.3) is 0 Å². The molecule has 0 unspecified atom stereocenters. The number of imidazole rings is 1. The fourth-order valence-electron chi connectivity index (χ4n) is 1.46. The Morgan fingerprint density at radius 3 is 2.86 bits per heavy atom. The standard InChI is InChI=1S/C10H13N3S/c1-7-8(6-11)12-10(13(7)2)9-4-3-5-14-9/h3-5H,6,11H2,1-2H3. The Balaban J connectivity index is 2.55. The Bertz CT molecular complexity index is 428. The van der Waals surface area contributed by atoms with Crippen LogP contribution >= 0.6 is 11.3 Å². The molecule has 2 heterocycles. The van der Waals surface area contributed by atoms with Crippen molar-refractivity contribution in [3.05, 3.63) is 28.9 Å². The van der Waals surface area contributed by atoms with E-state index in [0.717, 1.165) is 17.2 Å². The van der Waals surface area contributed by atoms with Gasteiger partial charge in [0.15, 0.2) is 0 Å². The largest absolute Gasteiger partial charge is 0.330 e. The molecule has 0 amide bonds. The van der Waals surface area contributed by atoms with Gasteiger partial charge in [-0.05, 0) is 18.4 Å². The highest BCUT2D eigenvalue weighted by atomic mass is 32.1. The third-order valence-electron chi connectivity index (χ3n) is 2.41. The average Bonchev–Trinajstić information content (AvgIpc) is 2.78. The minimum Gasteiger partial charge on any atom is -0.330 e. The first-order valence-corrected chi connectivity index (χ1v) is 5.38. The zero-order chi connectivity index (χ0) is 10.1. The van der Waals surface area contributed by atoms with E-state index < -0.39 is 0 Å². The van der Waals surface area contributed by atoms with E-state index in [0.29, 0.717) is 6.54 Å². The monoisotopic (exact) mass is 207 g/mol. The van der Waals surface area contributed by atoms with Crippen molar-refractivity contribution >= 4 is 11.3 Å². The predicted molar refractivity (Wildman–Crippen MR) is 59.1 cm³/mol. The molecule has 0 bridgehead atoms. The van der Waals surface area contributed by atoms with Crippen LogP contribution in [-0.2, 0) is 13.6 Å². The number of nitrogens with two attached hydrogens (primary N) is 1. The van der Waals surface area contributed by atoms with Crippen LogP contribution in [0.3, 0.4) is 0 Å². The van der Waals surface area contributed by atoms with E-state index in [2.05, 4.69) is 21.0 Å². The minimum atomic E-state index is 0.505. The zero-order valence-electron chi connectivity index (χ0n) is 8.32. The second-order valence-corrected chi connectivity index (χ2v) is 4.16. The van der Waals surface area contributed by atoms with Crippen molar-refractivity contribution in [2.45, 2.75) is 13.5 Å². The molecule has 3 nitrogen and oxygen atoms in total. The van der Waals surface area contributed by atoms with Gasteiger partial charge in [0.1, 0.15) is 5.82 Å². The topological polar surface area (TPSA) is 43.8 Å². The Labute approximate surface area is 87.2 Å². The number of thiophene rings is 1. The van der Waals surface area contributed by atoms with Gasteiger partial charge in [-0.15, -0.1) is 11.3 Å². The SMILES string of the molecule is Cc1c(CN)nc(-c2cccs2)n1C. The van der Waals surface area contributed by atoms with Crippen LogP contribution in [0.1, 0.15) is 11.4 Å². The molecule has 0 aromatic carbocycles. The van der Waals surface area contributed by atoms with Crippen molar-refractivity contribution in [1.29, 1.82) is 0 Å². The molecule has 0 fully saturated rings. The van der Waals surface area contributed by atoms with E-state index in [1.165, 1.54) is 4.88 Å². The molecule has 0 aliphatic carbocycles. The summed E-state index contributed by atoms with van der Waals surface area (Å²) in [4.78, 5) is 5.71. The third-order valence-corrected chi connectivity index (χ3v) is 3.28. The summed E-state index contributed by atoms with van der Waals surface area (Å²) in [5, 5.41) is 2.06. The molecular weight excluding hydrogens is 194 g/mol. The lowest BCUT2D eigenvalue weighted by atomic mass is 10.3. The van der Waals surface area contributed by atoms with Crippen molar-refractivity contribution in [2.75, 3.05) is 0 Å². The van der Waals surface area contributed by atoms with Crippen molar-refractivity contribution < 1.29 is 0 Å². The normalized spacial score (nSPS) is 10.8. The molecule has 0 atom stereocenters. The van der Waals surface area contributed by atoms with Crippen LogP contribution in [0.5, 0.6) is 0 Å². The Morgan fingerprint density at radius 2 is 2.36 bits per heavy atom. The highest BCUT2D eigenvalue weighted by Gasteiger charge is 2.11. The lowest BCUT2D eigenvalue weighted by Crippen LogP contribution is -1.99. The van der Waals surface area contributed by atoms with Gasteiger partial charge in [0.05, 0.1) is 10.6 Å². The molecule has 74 valence electrons. The first kappa shape index (κ1) is 9.43. The molecule has 0 aliphatic heterocycles. The summed E-state index contributed by atoms with van der Waals surface area (Å²) in [6.45, 7) is 2.55. The molecular formula is C10H13N3S. The lowest BCUT2D eigenvalue weighted by molar-refractivity contribution is 0.875. The van der Waals surface area contributed by atoms with Gasteiger partial charge in [-0.1, -0.05) is 6.07 Å². The molecule has 0 saturated carbocycles. The number of aromatic nitrogens is 2. The quantitative estimate of drug-likeness (QED) is 0.817. The first-order chi connectivity index (χ1) is 6.74. The minimum absolute atomic E-state index is 0.505. The van der Waals surface area contributed by atoms with Gasteiger partial charge in [-0.25, -0.2) is 4.98 Å². The van der Waals surface area contributed by atoms with Gasteiger partial charge >= 0.3 is 0 Å². The van der Waals surface area contributed by atoms with Crippen molar-refractivity contribution in [1.82, 2.24) is 9.55 Å². The molecule has 0 spiro atoms. The van der Waals surface area contributed by atoms with Gasteiger partial charge in [-0.3, -0.25) is 0 Å². The molecule has 2 rings (SSSR count). The van der Waals surface area contributed by atoms with Crippen LogP contribution in [0.2, 0.25) is 0 Å². The highest BCUT2D eigenvalue weighted by Crippen LogP contribution is 2.25. The molecule has 0 radical (unpaired) electrons. The van der Waals surface area contributed by atoms with E-state index in [-0.39, 0.29) is 0 Å². The molecule has 2 N–H and O–H groups in total. The number of nitrogens with zero attached hydrogens (tertiary/aromatic N) is 2. The maximum Gasteiger partial charge on any atom is 0.150 e. The van der Waals surface area contributed by atoms with Crippen LogP contribution in [0.15, 0.2) is 17.5 Å². The number of hydrogen-bond donors (Lipinski definition) is 1. The van der Waals surface area contributed by atoms with Crippen LogP contribution in [0.25, 0.3) is 10.7 Å². The molecule has 2 aromatic heterocycles. The summed E-state index contributed by atoms with van der Waals surface area (Å²) in [7, 11) is 2.02. The van der Waals surface area contributed by atoms with Crippen molar-refractivity contribution in [3.8, 4) is 10.7 Å². The molecule has 0 saturated heterocycles.